The van der Waals surface area contributed by atoms with E-state index >= 15 is 0 Å². The third-order valence-electron chi connectivity index (χ3n) is 2.56. The third kappa shape index (κ3) is 4.96. The number of pyridine rings is 1. The quantitative estimate of drug-likeness (QED) is 0.745. The van der Waals surface area contributed by atoms with Crippen molar-refractivity contribution in [2.75, 3.05) is 23.9 Å². The van der Waals surface area contributed by atoms with Crippen LogP contribution in [0.1, 0.15) is 30.6 Å². The van der Waals surface area contributed by atoms with Gasteiger partial charge in [-0.1, -0.05) is 6.92 Å². The van der Waals surface area contributed by atoms with Gasteiger partial charge in [0.05, 0.1) is 5.56 Å². The Kier molecular flexibility index (Phi) is 6.57. The molecule has 1 heterocycles. The van der Waals surface area contributed by atoms with Gasteiger partial charge >= 0.3 is 0 Å². The minimum absolute atomic E-state index is 0.0563. The second-order valence-electron chi connectivity index (χ2n) is 4.04. The molecule has 0 saturated heterocycles. The lowest BCUT2D eigenvalue weighted by molar-refractivity contribution is 0.0939. The number of anilines is 1. The van der Waals surface area contributed by atoms with E-state index in [0.717, 1.165) is 23.7 Å². The number of rotatable bonds is 7. The van der Waals surface area contributed by atoms with Gasteiger partial charge in [0, 0.05) is 19.3 Å². The van der Waals surface area contributed by atoms with Gasteiger partial charge in [0.15, 0.2) is 0 Å². The molecule has 1 aromatic heterocycles. The maximum absolute atomic E-state index is 11.9. The number of carbonyl (C=O) groups excluding carboxylic acids is 1. The van der Waals surface area contributed by atoms with Crippen LogP contribution in [0.15, 0.2) is 18.3 Å². The Morgan fingerprint density at radius 2 is 2.28 bits per heavy atom. The number of carbonyl (C=O) groups is 1. The summed E-state index contributed by atoms with van der Waals surface area (Å²) in [6, 6.07) is 3.77. The largest absolute Gasteiger partial charge is 0.373 e. The van der Waals surface area contributed by atoms with Crippen LogP contribution in [0.4, 0.5) is 5.82 Å². The second-order valence-corrected chi connectivity index (χ2v) is 5.44. The van der Waals surface area contributed by atoms with Gasteiger partial charge in [0.1, 0.15) is 5.82 Å². The summed E-state index contributed by atoms with van der Waals surface area (Å²) in [7, 11) is 1.80. The molecule has 0 saturated carbocycles. The molecule has 2 N–H and O–H groups in total. The van der Waals surface area contributed by atoms with E-state index in [2.05, 4.69) is 22.5 Å². The van der Waals surface area contributed by atoms with Crippen LogP contribution in [-0.4, -0.2) is 35.5 Å². The summed E-state index contributed by atoms with van der Waals surface area (Å²) < 4.78 is 0. The second kappa shape index (κ2) is 7.97. The monoisotopic (exact) mass is 267 g/mol. The Labute approximate surface area is 113 Å². The molecule has 18 heavy (non-hydrogen) atoms. The van der Waals surface area contributed by atoms with Crippen molar-refractivity contribution < 1.29 is 4.79 Å². The van der Waals surface area contributed by atoms with Crippen molar-refractivity contribution in [3.8, 4) is 0 Å². The zero-order valence-electron chi connectivity index (χ0n) is 11.2. The summed E-state index contributed by atoms with van der Waals surface area (Å²) in [5, 5.41) is 5.90. The number of aromatic nitrogens is 1. The van der Waals surface area contributed by atoms with Crippen LogP contribution in [0.25, 0.3) is 0 Å². The van der Waals surface area contributed by atoms with Gasteiger partial charge in [-0.05, 0) is 37.0 Å². The molecule has 0 aliphatic carbocycles. The Morgan fingerprint density at radius 3 is 2.83 bits per heavy atom. The summed E-state index contributed by atoms with van der Waals surface area (Å²) in [4.78, 5) is 16.0. The minimum Gasteiger partial charge on any atom is -0.373 e. The predicted molar refractivity (Wildman–Crippen MR) is 78.3 cm³/mol. The maximum atomic E-state index is 11.9. The molecule has 0 aliphatic heterocycles. The molecule has 100 valence electrons. The average Bonchev–Trinajstić information content (AvgIpc) is 2.39. The molecule has 1 rings (SSSR count). The van der Waals surface area contributed by atoms with Gasteiger partial charge in [0.25, 0.3) is 5.91 Å². The lowest BCUT2D eigenvalue weighted by Gasteiger charge is -2.13. The minimum atomic E-state index is -0.0563. The summed E-state index contributed by atoms with van der Waals surface area (Å²) in [6.07, 6.45) is 2.58. The summed E-state index contributed by atoms with van der Waals surface area (Å²) >= 11 is 1.89. The fourth-order valence-corrected chi connectivity index (χ4v) is 2.27. The van der Waals surface area contributed by atoms with Crippen LogP contribution in [0.2, 0.25) is 0 Å². The Balaban J connectivity index is 2.43. The van der Waals surface area contributed by atoms with E-state index < -0.39 is 0 Å². The third-order valence-corrected chi connectivity index (χ3v) is 3.49. The van der Waals surface area contributed by atoms with Gasteiger partial charge in [-0.2, -0.15) is 11.8 Å². The van der Waals surface area contributed by atoms with Crippen LogP contribution in [0.5, 0.6) is 0 Å². The maximum Gasteiger partial charge on any atom is 0.253 e. The van der Waals surface area contributed by atoms with E-state index in [9.17, 15) is 4.79 Å². The number of nitrogens with one attached hydrogen (secondary N) is 2. The van der Waals surface area contributed by atoms with Crippen molar-refractivity contribution in [2.24, 2.45) is 0 Å². The molecule has 0 radical (unpaired) electrons. The molecule has 1 amide bonds. The molecular weight excluding hydrogens is 246 g/mol. The number of hydrogen-bond acceptors (Lipinski definition) is 4. The van der Waals surface area contributed by atoms with Crippen molar-refractivity contribution >= 4 is 23.5 Å². The Hall–Kier alpha value is -1.23. The molecule has 1 atom stereocenters. The van der Waals surface area contributed by atoms with Gasteiger partial charge in [-0.15, -0.1) is 0 Å². The molecule has 0 bridgehead atoms. The van der Waals surface area contributed by atoms with Crippen LogP contribution in [0, 0.1) is 0 Å². The first-order chi connectivity index (χ1) is 8.67. The van der Waals surface area contributed by atoms with Crippen LogP contribution >= 0.6 is 11.8 Å². The fourth-order valence-electron chi connectivity index (χ4n) is 1.46. The van der Waals surface area contributed by atoms with Crippen molar-refractivity contribution in [1.82, 2.24) is 10.3 Å². The smallest absolute Gasteiger partial charge is 0.253 e. The Morgan fingerprint density at radius 1 is 1.50 bits per heavy atom. The molecule has 0 aliphatic rings. The molecule has 4 nitrogen and oxygen atoms in total. The Bertz CT molecular complexity index is 367. The first-order valence-corrected chi connectivity index (χ1v) is 7.35. The van der Waals surface area contributed by atoms with E-state index in [1.54, 1.807) is 25.4 Å². The zero-order valence-corrected chi connectivity index (χ0v) is 12.0. The number of amides is 1. The van der Waals surface area contributed by atoms with Crippen molar-refractivity contribution in [2.45, 2.75) is 26.3 Å². The molecule has 0 spiro atoms. The van der Waals surface area contributed by atoms with Gasteiger partial charge in [-0.3, -0.25) is 4.79 Å². The normalized spacial score (nSPS) is 11.9. The first kappa shape index (κ1) is 14.8. The SMILES string of the molecule is CCSCCC(C)NC(=O)c1ccc(NC)nc1. The van der Waals surface area contributed by atoms with E-state index in [-0.39, 0.29) is 11.9 Å². The molecule has 1 aromatic rings. The highest BCUT2D eigenvalue weighted by molar-refractivity contribution is 7.99. The molecular formula is C13H21N3OS. The zero-order chi connectivity index (χ0) is 13.4. The predicted octanol–water partition coefficient (Wildman–Crippen LogP) is 2.38. The molecule has 0 fully saturated rings. The first-order valence-electron chi connectivity index (χ1n) is 6.19. The lowest BCUT2D eigenvalue weighted by Crippen LogP contribution is -2.33. The van der Waals surface area contributed by atoms with E-state index in [0.29, 0.717) is 5.56 Å². The summed E-state index contributed by atoms with van der Waals surface area (Å²) in [5.41, 5.74) is 0.601. The van der Waals surface area contributed by atoms with Crippen LogP contribution in [0.3, 0.4) is 0 Å². The summed E-state index contributed by atoms with van der Waals surface area (Å²) in [6.45, 7) is 4.17. The highest BCUT2D eigenvalue weighted by Gasteiger charge is 2.09. The van der Waals surface area contributed by atoms with Gasteiger partial charge < -0.3 is 10.6 Å². The fraction of sp³-hybridized carbons (Fsp3) is 0.538. The highest BCUT2D eigenvalue weighted by Crippen LogP contribution is 2.06. The number of hydrogen-bond donors (Lipinski definition) is 2. The van der Waals surface area contributed by atoms with E-state index in [1.807, 2.05) is 18.7 Å². The molecule has 0 aromatic carbocycles. The number of nitrogens with zero attached hydrogens (tertiary/aromatic N) is 1. The average molecular weight is 267 g/mol. The molecule has 1 unspecified atom stereocenters. The van der Waals surface area contributed by atoms with Crippen molar-refractivity contribution in [3.63, 3.8) is 0 Å². The number of thioether (sulfide) groups is 1. The topological polar surface area (TPSA) is 54.0 Å². The molecule has 5 heteroatoms. The van der Waals surface area contributed by atoms with Gasteiger partial charge in [-0.25, -0.2) is 4.98 Å². The van der Waals surface area contributed by atoms with Gasteiger partial charge in [0.2, 0.25) is 0 Å². The highest BCUT2D eigenvalue weighted by atomic mass is 32.2. The summed E-state index contributed by atoms with van der Waals surface area (Å²) in [5.74, 6) is 2.91. The lowest BCUT2D eigenvalue weighted by atomic mass is 10.2. The van der Waals surface area contributed by atoms with Crippen LogP contribution < -0.4 is 10.6 Å². The van der Waals surface area contributed by atoms with Crippen molar-refractivity contribution in [1.29, 1.82) is 0 Å². The van der Waals surface area contributed by atoms with Crippen molar-refractivity contribution in [3.05, 3.63) is 23.9 Å². The van der Waals surface area contributed by atoms with Crippen LogP contribution in [-0.2, 0) is 0 Å². The van der Waals surface area contributed by atoms with E-state index in [1.165, 1.54) is 0 Å². The standard InChI is InChI=1S/C13H21N3OS/c1-4-18-8-7-10(2)16-13(17)11-5-6-12(14-3)15-9-11/h5-6,9-10H,4,7-8H2,1-3H3,(H,14,15)(H,16,17). The van der Waals surface area contributed by atoms with E-state index in [4.69, 9.17) is 0 Å².